The number of rotatable bonds is 8. The monoisotopic (exact) mass is 642 g/mol. The molecule has 1 N–H and O–H groups in total. The first-order valence-corrected chi connectivity index (χ1v) is 13.0. The quantitative estimate of drug-likeness (QED) is 0.217. The van der Waals surface area contributed by atoms with Gasteiger partial charge in [-0.2, -0.15) is 0 Å². The Morgan fingerprint density at radius 2 is 1.53 bits per heavy atom. The maximum atomic E-state index is 13.2. The van der Waals surface area contributed by atoms with Crippen molar-refractivity contribution in [2.75, 3.05) is 33.3 Å². The van der Waals surface area contributed by atoms with E-state index < -0.39 is 18.5 Å². The van der Waals surface area contributed by atoms with E-state index in [0.29, 0.717) is 54.0 Å². The number of nitrogens with zero attached hydrogens (tertiary/aromatic N) is 1. The Kier molecular flexibility index (Phi) is 8.53. The van der Waals surface area contributed by atoms with Crippen LogP contribution in [0, 0.1) is 6.92 Å². The molecule has 0 aliphatic rings. The predicted molar refractivity (Wildman–Crippen MR) is 152 cm³/mol. The van der Waals surface area contributed by atoms with Crippen LogP contribution in [0.4, 0.5) is 5.69 Å². The summed E-state index contributed by atoms with van der Waals surface area (Å²) >= 11 is 6.89. The van der Waals surface area contributed by atoms with Crippen LogP contribution in [0.5, 0.6) is 17.2 Å². The van der Waals surface area contributed by atoms with E-state index in [0.717, 1.165) is 5.56 Å². The number of aryl methyl sites for hydroxylation is 1. The first-order valence-electron chi connectivity index (χ1n) is 11.4. The van der Waals surface area contributed by atoms with Crippen LogP contribution in [0.1, 0.15) is 15.9 Å². The maximum Gasteiger partial charge on any atom is 0.339 e. The van der Waals surface area contributed by atoms with Gasteiger partial charge in [0.15, 0.2) is 18.1 Å². The summed E-state index contributed by atoms with van der Waals surface area (Å²) in [5.41, 5.74) is 3.56. The van der Waals surface area contributed by atoms with Crippen LogP contribution < -0.4 is 19.5 Å². The number of ether oxygens (including phenoxy) is 4. The van der Waals surface area contributed by atoms with Crippen LogP contribution in [-0.4, -0.2) is 44.8 Å². The van der Waals surface area contributed by atoms with Crippen molar-refractivity contribution in [1.82, 2.24) is 4.98 Å². The lowest BCUT2D eigenvalue weighted by Gasteiger charge is -2.15. The number of aromatic nitrogens is 1. The number of halogens is 2. The Bertz CT molecular complexity index is 1490. The summed E-state index contributed by atoms with van der Waals surface area (Å²) in [5.74, 6) is 0.204. The van der Waals surface area contributed by atoms with Gasteiger partial charge in [-0.15, -0.1) is 0 Å². The third-order valence-corrected chi connectivity index (χ3v) is 6.93. The second-order valence-corrected chi connectivity index (χ2v) is 9.92. The minimum Gasteiger partial charge on any atom is -0.493 e. The van der Waals surface area contributed by atoms with Gasteiger partial charge < -0.3 is 24.3 Å². The zero-order valence-corrected chi connectivity index (χ0v) is 24.2. The molecule has 196 valence electrons. The molecule has 0 saturated carbocycles. The number of methoxy groups -OCH3 is 3. The highest BCUT2D eigenvalue weighted by Gasteiger charge is 2.20. The average Bonchev–Trinajstić information content (AvgIpc) is 2.92. The van der Waals surface area contributed by atoms with Crippen LogP contribution in [0.3, 0.4) is 0 Å². The van der Waals surface area contributed by atoms with Gasteiger partial charge in [0.25, 0.3) is 5.91 Å². The number of benzene rings is 3. The van der Waals surface area contributed by atoms with Gasteiger partial charge in [-0.3, -0.25) is 4.79 Å². The summed E-state index contributed by atoms with van der Waals surface area (Å²) < 4.78 is 23.2. The number of fused-ring (bicyclic) bond motifs is 1. The molecule has 1 heterocycles. The normalized spacial score (nSPS) is 10.7. The molecule has 4 aromatic rings. The minimum absolute atomic E-state index is 0.268. The van der Waals surface area contributed by atoms with Crippen LogP contribution >= 0.6 is 31.9 Å². The number of pyridine rings is 1. The molecular formula is C28H24Br2N2O6. The van der Waals surface area contributed by atoms with Gasteiger partial charge >= 0.3 is 5.97 Å². The number of carbonyl (C=O) groups is 2. The third kappa shape index (κ3) is 5.76. The number of hydrogen-bond donors (Lipinski definition) is 1. The molecule has 0 fully saturated rings. The zero-order valence-electron chi connectivity index (χ0n) is 21.1. The van der Waals surface area contributed by atoms with Gasteiger partial charge in [0.05, 0.1) is 43.8 Å². The third-order valence-electron chi connectivity index (χ3n) is 5.68. The maximum absolute atomic E-state index is 13.2. The van der Waals surface area contributed by atoms with Crippen LogP contribution in [0.15, 0.2) is 63.5 Å². The van der Waals surface area contributed by atoms with E-state index >= 15 is 0 Å². The standard InChI is InChI=1S/C28H24Br2N2O6/c1-15-9-19(29)26(20(30)10-15)32-25(33)14-38-28(34)18-13-22(31-21-8-6-5-7-17(18)21)16-11-23(35-2)27(37-4)24(12-16)36-3/h5-13H,14H2,1-4H3,(H,32,33). The molecule has 1 aromatic heterocycles. The molecule has 0 spiro atoms. The highest BCUT2D eigenvalue weighted by Crippen LogP contribution is 2.41. The second-order valence-electron chi connectivity index (χ2n) is 8.21. The van der Waals surface area contributed by atoms with Crippen molar-refractivity contribution in [3.05, 3.63) is 74.7 Å². The Labute approximate surface area is 236 Å². The molecular weight excluding hydrogens is 620 g/mol. The van der Waals surface area contributed by atoms with E-state index in [4.69, 9.17) is 23.9 Å². The van der Waals surface area contributed by atoms with E-state index in [-0.39, 0.29) is 5.56 Å². The SMILES string of the molecule is COc1cc(-c2cc(C(=O)OCC(=O)Nc3c(Br)cc(C)cc3Br)c3ccccc3n2)cc(OC)c1OC. The first kappa shape index (κ1) is 27.4. The average molecular weight is 644 g/mol. The molecule has 8 nitrogen and oxygen atoms in total. The number of amides is 1. The van der Waals surface area contributed by atoms with Crippen molar-refractivity contribution in [3.8, 4) is 28.5 Å². The summed E-state index contributed by atoms with van der Waals surface area (Å²) in [5, 5.41) is 3.36. The van der Waals surface area contributed by atoms with Crippen LogP contribution in [0.2, 0.25) is 0 Å². The lowest BCUT2D eigenvalue weighted by molar-refractivity contribution is -0.119. The van der Waals surface area contributed by atoms with Gasteiger partial charge in [-0.25, -0.2) is 9.78 Å². The van der Waals surface area contributed by atoms with Crippen molar-refractivity contribution >= 4 is 60.3 Å². The Hall–Kier alpha value is -3.63. The number of anilines is 1. The van der Waals surface area contributed by atoms with E-state index in [2.05, 4.69) is 37.2 Å². The number of hydrogen-bond acceptors (Lipinski definition) is 7. The lowest BCUT2D eigenvalue weighted by atomic mass is 10.0. The van der Waals surface area contributed by atoms with Crippen molar-refractivity contribution in [1.29, 1.82) is 0 Å². The fourth-order valence-electron chi connectivity index (χ4n) is 3.92. The number of esters is 1. The molecule has 0 saturated heterocycles. The molecule has 3 aromatic carbocycles. The van der Waals surface area contributed by atoms with Gasteiger partial charge in [0.1, 0.15) is 0 Å². The molecule has 10 heteroatoms. The Morgan fingerprint density at radius 1 is 0.895 bits per heavy atom. The van der Waals surface area contributed by atoms with E-state index in [1.807, 2.05) is 25.1 Å². The summed E-state index contributed by atoms with van der Waals surface area (Å²) in [7, 11) is 4.57. The summed E-state index contributed by atoms with van der Waals surface area (Å²) in [6.07, 6.45) is 0. The minimum atomic E-state index is -0.658. The molecule has 0 aliphatic heterocycles. The molecule has 0 atom stereocenters. The second kappa shape index (κ2) is 11.8. The largest absolute Gasteiger partial charge is 0.493 e. The van der Waals surface area contributed by atoms with E-state index in [9.17, 15) is 9.59 Å². The fraction of sp³-hybridized carbons (Fsp3) is 0.179. The first-order chi connectivity index (χ1) is 18.2. The highest BCUT2D eigenvalue weighted by atomic mass is 79.9. The summed E-state index contributed by atoms with van der Waals surface area (Å²) in [4.78, 5) is 30.5. The number of nitrogens with one attached hydrogen (secondary N) is 1. The molecule has 4 rings (SSSR count). The predicted octanol–water partition coefficient (Wildman–Crippen LogP) is 6.56. The Morgan fingerprint density at radius 3 is 2.13 bits per heavy atom. The number of para-hydroxylation sites is 1. The number of carbonyl (C=O) groups excluding carboxylic acids is 2. The van der Waals surface area contributed by atoms with E-state index in [1.165, 1.54) is 21.3 Å². The van der Waals surface area contributed by atoms with Crippen molar-refractivity contribution in [2.24, 2.45) is 0 Å². The van der Waals surface area contributed by atoms with Crippen LogP contribution in [-0.2, 0) is 9.53 Å². The van der Waals surface area contributed by atoms with Gasteiger partial charge in [0.2, 0.25) is 5.75 Å². The fourth-order valence-corrected chi connectivity index (χ4v) is 5.54. The molecule has 38 heavy (non-hydrogen) atoms. The van der Waals surface area contributed by atoms with Gasteiger partial charge in [-0.05, 0) is 80.7 Å². The zero-order chi connectivity index (χ0) is 27.4. The Balaban J connectivity index is 1.64. The van der Waals surface area contributed by atoms with Crippen molar-refractivity contribution < 1.29 is 28.5 Å². The lowest BCUT2D eigenvalue weighted by Crippen LogP contribution is -2.21. The molecule has 0 bridgehead atoms. The summed E-state index contributed by atoms with van der Waals surface area (Å²) in [6.45, 7) is 1.47. The molecule has 0 aliphatic carbocycles. The molecule has 0 radical (unpaired) electrons. The van der Waals surface area contributed by atoms with Crippen molar-refractivity contribution in [3.63, 3.8) is 0 Å². The smallest absolute Gasteiger partial charge is 0.339 e. The van der Waals surface area contributed by atoms with Gasteiger partial charge in [-0.1, -0.05) is 18.2 Å². The summed E-state index contributed by atoms with van der Waals surface area (Å²) in [6, 6.07) is 16.1. The van der Waals surface area contributed by atoms with Crippen molar-refractivity contribution in [2.45, 2.75) is 6.92 Å². The topological polar surface area (TPSA) is 96.0 Å². The van der Waals surface area contributed by atoms with E-state index in [1.54, 1.807) is 36.4 Å². The van der Waals surface area contributed by atoms with Gasteiger partial charge in [0, 0.05) is 19.9 Å². The molecule has 0 unspecified atom stereocenters. The van der Waals surface area contributed by atoms with Crippen LogP contribution in [0.25, 0.3) is 22.2 Å². The highest BCUT2D eigenvalue weighted by molar-refractivity contribution is 9.11. The molecule has 1 amide bonds.